The number of hydrogen-bond donors (Lipinski definition) is 1. The highest BCUT2D eigenvalue weighted by Crippen LogP contribution is 2.32. The van der Waals surface area contributed by atoms with Crippen LogP contribution in [0.3, 0.4) is 0 Å². The number of rotatable bonds is 5. The summed E-state index contributed by atoms with van der Waals surface area (Å²) in [5.74, 6) is 2.55. The third kappa shape index (κ3) is 4.10. The molecule has 25 heavy (non-hydrogen) atoms. The maximum absolute atomic E-state index is 12.9. The third-order valence-corrected chi connectivity index (χ3v) is 6.38. The van der Waals surface area contributed by atoms with Crippen LogP contribution in [0.4, 0.5) is 0 Å². The number of furan rings is 1. The fourth-order valence-corrected chi connectivity index (χ4v) is 5.14. The maximum atomic E-state index is 12.9. The topological polar surface area (TPSA) is 62.6 Å². The molecule has 2 unspecified atom stereocenters. The van der Waals surface area contributed by atoms with E-state index in [0.717, 1.165) is 26.4 Å². The summed E-state index contributed by atoms with van der Waals surface area (Å²) in [7, 11) is 0. The summed E-state index contributed by atoms with van der Waals surface area (Å²) in [4.78, 5) is 27.0. The number of thioether (sulfide) groups is 1. The van der Waals surface area contributed by atoms with Gasteiger partial charge in [-0.15, -0.1) is 23.1 Å². The van der Waals surface area contributed by atoms with Crippen molar-refractivity contribution >= 4 is 34.9 Å². The van der Waals surface area contributed by atoms with Gasteiger partial charge in [-0.25, -0.2) is 0 Å². The number of hydrogen-bond acceptors (Lipinski definition) is 5. The van der Waals surface area contributed by atoms with Crippen molar-refractivity contribution < 1.29 is 14.0 Å². The molecule has 0 radical (unpaired) electrons. The molecule has 2 aromatic rings. The minimum Gasteiger partial charge on any atom is -0.466 e. The SMILES string of the molecule is CCSc1ccc(C(=O)N2CC(NC(C)=O)C(c3ccc(C)o3)C2)s1. The van der Waals surface area contributed by atoms with E-state index in [1.807, 2.05) is 36.1 Å². The monoisotopic (exact) mass is 378 g/mol. The Balaban J connectivity index is 1.78. The van der Waals surface area contributed by atoms with Crippen molar-refractivity contribution in [2.75, 3.05) is 18.8 Å². The molecule has 0 spiro atoms. The summed E-state index contributed by atoms with van der Waals surface area (Å²) >= 11 is 3.27. The van der Waals surface area contributed by atoms with Gasteiger partial charge in [0.05, 0.1) is 21.0 Å². The van der Waals surface area contributed by atoms with Gasteiger partial charge >= 0.3 is 0 Å². The molecule has 2 aromatic heterocycles. The molecular formula is C18H22N2O3S2. The van der Waals surface area contributed by atoms with E-state index in [9.17, 15) is 9.59 Å². The van der Waals surface area contributed by atoms with E-state index in [-0.39, 0.29) is 23.8 Å². The first kappa shape index (κ1) is 18.1. The lowest BCUT2D eigenvalue weighted by atomic mass is 10.0. The predicted molar refractivity (Wildman–Crippen MR) is 100 cm³/mol. The van der Waals surface area contributed by atoms with E-state index < -0.39 is 0 Å². The fraction of sp³-hybridized carbons (Fsp3) is 0.444. The first-order chi connectivity index (χ1) is 12.0. The van der Waals surface area contributed by atoms with Crippen molar-refractivity contribution in [1.29, 1.82) is 0 Å². The molecule has 1 N–H and O–H groups in total. The van der Waals surface area contributed by atoms with Gasteiger partial charge in [-0.3, -0.25) is 9.59 Å². The summed E-state index contributed by atoms with van der Waals surface area (Å²) in [5.41, 5.74) is 0. The number of amides is 2. The second-order valence-corrected chi connectivity index (χ2v) is 8.77. The number of carbonyl (C=O) groups is 2. The molecule has 3 heterocycles. The highest BCUT2D eigenvalue weighted by atomic mass is 32.2. The molecule has 134 valence electrons. The fourth-order valence-electron chi connectivity index (χ4n) is 3.13. The van der Waals surface area contributed by atoms with Gasteiger partial charge in [-0.2, -0.15) is 0 Å². The van der Waals surface area contributed by atoms with Crippen LogP contribution in [0.25, 0.3) is 0 Å². The standard InChI is InChI=1S/C18H22N2O3S2/c1-4-24-17-8-7-16(25-17)18(22)20-9-13(14(10-20)19-12(3)21)15-6-5-11(2)23-15/h5-8,13-14H,4,9-10H2,1-3H3,(H,19,21). The van der Waals surface area contributed by atoms with Crippen LogP contribution in [-0.2, 0) is 4.79 Å². The van der Waals surface area contributed by atoms with Gasteiger partial charge in [0.2, 0.25) is 5.91 Å². The van der Waals surface area contributed by atoms with Gasteiger partial charge in [-0.05, 0) is 36.9 Å². The predicted octanol–water partition coefficient (Wildman–Crippen LogP) is 3.51. The molecule has 3 rings (SSSR count). The van der Waals surface area contributed by atoms with E-state index in [4.69, 9.17) is 4.42 Å². The van der Waals surface area contributed by atoms with E-state index in [1.54, 1.807) is 11.8 Å². The van der Waals surface area contributed by atoms with E-state index >= 15 is 0 Å². The van der Waals surface area contributed by atoms with Crippen molar-refractivity contribution in [2.24, 2.45) is 0 Å². The first-order valence-corrected chi connectivity index (χ1v) is 10.1. The second kappa shape index (κ2) is 7.66. The van der Waals surface area contributed by atoms with Crippen LogP contribution in [-0.4, -0.2) is 41.6 Å². The van der Waals surface area contributed by atoms with Crippen molar-refractivity contribution in [3.8, 4) is 0 Å². The summed E-state index contributed by atoms with van der Waals surface area (Å²) in [6.07, 6.45) is 0. The highest BCUT2D eigenvalue weighted by Gasteiger charge is 2.39. The summed E-state index contributed by atoms with van der Waals surface area (Å²) < 4.78 is 6.91. The molecule has 0 aromatic carbocycles. The number of nitrogens with zero attached hydrogens (tertiary/aromatic N) is 1. The van der Waals surface area contributed by atoms with Crippen LogP contribution < -0.4 is 5.32 Å². The van der Waals surface area contributed by atoms with Crippen molar-refractivity contribution in [3.05, 3.63) is 40.7 Å². The zero-order valence-corrected chi connectivity index (χ0v) is 16.2. The zero-order chi connectivity index (χ0) is 18.0. The Hall–Kier alpha value is -1.73. The van der Waals surface area contributed by atoms with Crippen LogP contribution >= 0.6 is 23.1 Å². The molecule has 2 amide bonds. The summed E-state index contributed by atoms with van der Waals surface area (Å²) in [5, 5.41) is 2.97. The molecule has 5 nitrogen and oxygen atoms in total. The molecule has 0 saturated carbocycles. The Labute approximate surface area is 155 Å². The van der Waals surface area contributed by atoms with Gasteiger partial charge in [0.15, 0.2) is 0 Å². The van der Waals surface area contributed by atoms with Crippen LogP contribution in [0.1, 0.15) is 41.0 Å². The molecule has 0 aliphatic carbocycles. The highest BCUT2D eigenvalue weighted by molar-refractivity contribution is 8.01. The third-order valence-electron chi connectivity index (χ3n) is 4.20. The van der Waals surface area contributed by atoms with Crippen LogP contribution in [0.5, 0.6) is 0 Å². The Morgan fingerprint density at radius 1 is 1.32 bits per heavy atom. The van der Waals surface area contributed by atoms with E-state index in [2.05, 4.69) is 12.2 Å². The number of thiophene rings is 1. The normalized spacial score (nSPS) is 20.0. The molecule has 0 bridgehead atoms. The number of aryl methyl sites for hydroxylation is 1. The number of carbonyl (C=O) groups excluding carboxylic acids is 2. The molecule has 1 aliphatic rings. The van der Waals surface area contributed by atoms with Crippen molar-refractivity contribution in [1.82, 2.24) is 10.2 Å². The molecular weight excluding hydrogens is 356 g/mol. The average Bonchev–Trinajstić information content (AvgIpc) is 3.26. The van der Waals surface area contributed by atoms with Gasteiger partial charge < -0.3 is 14.6 Å². The minimum atomic E-state index is -0.128. The van der Waals surface area contributed by atoms with Gasteiger partial charge in [0.25, 0.3) is 5.91 Å². The Morgan fingerprint density at radius 3 is 2.76 bits per heavy atom. The lowest BCUT2D eigenvalue weighted by Gasteiger charge is -2.16. The van der Waals surface area contributed by atoms with E-state index in [1.165, 1.54) is 18.3 Å². The summed E-state index contributed by atoms with van der Waals surface area (Å²) in [6, 6.07) is 7.61. The number of likely N-dealkylation sites (tertiary alicyclic amines) is 1. The molecule has 2 atom stereocenters. The molecule has 1 saturated heterocycles. The van der Waals surface area contributed by atoms with Crippen LogP contribution in [0, 0.1) is 6.92 Å². The van der Waals surface area contributed by atoms with Crippen molar-refractivity contribution in [2.45, 2.75) is 36.9 Å². The Bertz CT molecular complexity index is 768. The average molecular weight is 379 g/mol. The first-order valence-electron chi connectivity index (χ1n) is 8.33. The van der Waals surface area contributed by atoms with E-state index in [0.29, 0.717) is 13.1 Å². The Morgan fingerprint density at radius 2 is 2.12 bits per heavy atom. The molecule has 1 fully saturated rings. The van der Waals surface area contributed by atoms with Gasteiger partial charge in [0, 0.05) is 20.0 Å². The molecule has 1 aliphatic heterocycles. The molecule has 7 heteroatoms. The van der Waals surface area contributed by atoms with Crippen LogP contribution in [0.15, 0.2) is 32.9 Å². The van der Waals surface area contributed by atoms with Crippen molar-refractivity contribution in [3.63, 3.8) is 0 Å². The van der Waals surface area contributed by atoms with Gasteiger partial charge in [-0.1, -0.05) is 6.92 Å². The lowest BCUT2D eigenvalue weighted by molar-refractivity contribution is -0.119. The number of nitrogens with one attached hydrogen (secondary N) is 1. The largest absolute Gasteiger partial charge is 0.466 e. The Kier molecular flexibility index (Phi) is 5.54. The summed E-state index contributed by atoms with van der Waals surface area (Å²) in [6.45, 7) is 6.54. The van der Waals surface area contributed by atoms with Crippen LogP contribution in [0.2, 0.25) is 0 Å². The second-order valence-electron chi connectivity index (χ2n) is 6.12. The minimum absolute atomic E-state index is 0.0222. The zero-order valence-electron chi connectivity index (χ0n) is 14.6. The maximum Gasteiger partial charge on any atom is 0.264 e. The van der Waals surface area contributed by atoms with Gasteiger partial charge in [0.1, 0.15) is 11.5 Å². The smallest absolute Gasteiger partial charge is 0.264 e. The lowest BCUT2D eigenvalue weighted by Crippen LogP contribution is -2.39. The quantitative estimate of drug-likeness (QED) is 0.809.